The minimum atomic E-state index is -3.87. The average molecular weight is 517 g/mol. The highest BCUT2D eigenvalue weighted by Gasteiger charge is 2.29. The maximum Gasteiger partial charge on any atom is 0.244 e. The van der Waals surface area contributed by atoms with Gasteiger partial charge in [0.1, 0.15) is 5.82 Å². The number of aromatic nitrogens is 2. The lowest BCUT2D eigenvalue weighted by Gasteiger charge is -2.22. The fourth-order valence-corrected chi connectivity index (χ4v) is 5.97. The number of hydrogen-bond donors (Lipinski definition) is 1. The number of aryl methyl sites for hydroxylation is 3. The zero-order valence-corrected chi connectivity index (χ0v) is 22.9. The van der Waals surface area contributed by atoms with E-state index < -0.39 is 15.9 Å². The van der Waals surface area contributed by atoms with Gasteiger partial charge >= 0.3 is 0 Å². The number of nitrogens with one attached hydrogen (secondary N) is 1. The van der Waals surface area contributed by atoms with Crippen molar-refractivity contribution in [2.75, 3.05) is 18.4 Å². The van der Waals surface area contributed by atoms with E-state index in [4.69, 9.17) is 11.6 Å². The lowest BCUT2D eigenvalue weighted by atomic mass is 9.92. The van der Waals surface area contributed by atoms with Gasteiger partial charge in [-0.25, -0.2) is 13.1 Å². The Labute approximate surface area is 213 Å². The molecule has 7 nitrogen and oxygen atoms in total. The van der Waals surface area contributed by atoms with Crippen molar-refractivity contribution < 1.29 is 13.2 Å². The summed E-state index contributed by atoms with van der Waals surface area (Å²) in [7, 11) is -3.87. The molecule has 0 bridgehead atoms. The van der Waals surface area contributed by atoms with Crippen LogP contribution < -0.4 is 5.32 Å². The van der Waals surface area contributed by atoms with E-state index in [-0.39, 0.29) is 23.4 Å². The molecule has 0 aliphatic heterocycles. The SMILES string of the molecule is CCN(CC(=O)Nc1cc(C(C)(C)C)nn1-c1ccc(Cl)cc1)S(=O)(=O)c1c(C)cc(C)cc1C. The number of hydrogen-bond acceptors (Lipinski definition) is 4. The largest absolute Gasteiger partial charge is 0.309 e. The lowest BCUT2D eigenvalue weighted by molar-refractivity contribution is -0.116. The molecule has 0 aliphatic carbocycles. The van der Waals surface area contributed by atoms with Crippen LogP contribution >= 0.6 is 11.6 Å². The summed E-state index contributed by atoms with van der Waals surface area (Å²) >= 11 is 6.04. The van der Waals surface area contributed by atoms with Gasteiger partial charge in [0.15, 0.2) is 0 Å². The molecule has 1 N–H and O–H groups in total. The minimum absolute atomic E-state index is 0.159. The monoisotopic (exact) mass is 516 g/mol. The Morgan fingerprint density at radius 1 is 1.06 bits per heavy atom. The molecule has 3 aromatic rings. The van der Waals surface area contributed by atoms with Gasteiger partial charge in [0.2, 0.25) is 15.9 Å². The van der Waals surface area contributed by atoms with Crippen molar-refractivity contribution in [3.05, 3.63) is 69.9 Å². The Bertz CT molecular complexity index is 1320. The summed E-state index contributed by atoms with van der Waals surface area (Å²) in [5.41, 5.74) is 3.58. The second-order valence-electron chi connectivity index (χ2n) is 9.76. The molecular formula is C26H33ClN4O3S. The van der Waals surface area contributed by atoms with Crippen LogP contribution in [0.1, 0.15) is 50.1 Å². The highest BCUT2D eigenvalue weighted by Crippen LogP contribution is 2.28. The fourth-order valence-electron chi connectivity index (χ4n) is 4.03. The molecule has 0 spiro atoms. The third-order valence-corrected chi connectivity index (χ3v) is 8.17. The van der Waals surface area contributed by atoms with Crippen LogP contribution in [-0.4, -0.2) is 41.5 Å². The number of carbonyl (C=O) groups is 1. The van der Waals surface area contributed by atoms with Gasteiger partial charge < -0.3 is 5.32 Å². The third-order valence-electron chi connectivity index (χ3n) is 5.69. The summed E-state index contributed by atoms with van der Waals surface area (Å²) in [6, 6.07) is 12.6. The van der Waals surface area contributed by atoms with Gasteiger partial charge in [-0.1, -0.05) is 57.0 Å². The van der Waals surface area contributed by atoms with Gasteiger partial charge in [0.25, 0.3) is 0 Å². The van der Waals surface area contributed by atoms with E-state index in [9.17, 15) is 13.2 Å². The van der Waals surface area contributed by atoms with Crippen molar-refractivity contribution in [3.8, 4) is 5.69 Å². The van der Waals surface area contributed by atoms with Gasteiger partial charge in [0.05, 0.1) is 22.8 Å². The second-order valence-corrected chi connectivity index (χ2v) is 12.1. The molecule has 0 aliphatic rings. The van der Waals surface area contributed by atoms with E-state index in [1.807, 2.05) is 58.0 Å². The van der Waals surface area contributed by atoms with Crippen LogP contribution in [0.25, 0.3) is 5.69 Å². The molecule has 1 amide bonds. The quantitative estimate of drug-likeness (QED) is 0.455. The second kappa shape index (κ2) is 10.1. The van der Waals surface area contributed by atoms with Crippen molar-refractivity contribution in [1.29, 1.82) is 0 Å². The normalized spacial score (nSPS) is 12.3. The Kier molecular flexibility index (Phi) is 7.79. The van der Waals surface area contributed by atoms with E-state index in [1.54, 1.807) is 37.6 Å². The molecule has 0 fully saturated rings. The number of rotatable bonds is 7. The Hall–Kier alpha value is -2.68. The van der Waals surface area contributed by atoms with Gasteiger partial charge in [-0.15, -0.1) is 0 Å². The summed E-state index contributed by atoms with van der Waals surface area (Å²) in [4.78, 5) is 13.3. The number of benzene rings is 2. The first kappa shape index (κ1) is 26.9. The highest BCUT2D eigenvalue weighted by molar-refractivity contribution is 7.89. The van der Waals surface area contributed by atoms with Crippen LogP contribution in [0.2, 0.25) is 5.02 Å². The predicted molar refractivity (Wildman–Crippen MR) is 141 cm³/mol. The molecular weight excluding hydrogens is 484 g/mol. The Morgan fingerprint density at radius 2 is 1.63 bits per heavy atom. The summed E-state index contributed by atoms with van der Waals surface area (Å²) in [5.74, 6) is 0.00631. The summed E-state index contributed by atoms with van der Waals surface area (Å²) < 4.78 is 29.8. The molecule has 0 radical (unpaired) electrons. The van der Waals surface area contributed by atoms with Crippen LogP contribution in [0, 0.1) is 20.8 Å². The number of halogens is 1. The number of sulfonamides is 1. The van der Waals surface area contributed by atoms with Gasteiger partial charge in [-0.05, 0) is 56.2 Å². The molecule has 3 rings (SSSR count). The maximum absolute atomic E-state index is 13.5. The number of nitrogens with zero attached hydrogens (tertiary/aromatic N) is 3. The fraction of sp³-hybridized carbons (Fsp3) is 0.385. The molecule has 1 heterocycles. The molecule has 1 aromatic heterocycles. The van der Waals surface area contributed by atoms with Crippen LogP contribution in [-0.2, 0) is 20.2 Å². The Morgan fingerprint density at radius 3 is 2.14 bits per heavy atom. The highest BCUT2D eigenvalue weighted by atomic mass is 35.5. The first-order chi connectivity index (χ1) is 16.2. The first-order valence-corrected chi connectivity index (χ1v) is 13.3. The summed E-state index contributed by atoms with van der Waals surface area (Å²) in [5, 5.41) is 8.14. The van der Waals surface area contributed by atoms with Crippen LogP contribution in [0.15, 0.2) is 47.4 Å². The summed E-state index contributed by atoms with van der Waals surface area (Å²) in [6.07, 6.45) is 0. The van der Waals surface area contributed by atoms with E-state index in [0.29, 0.717) is 22.0 Å². The van der Waals surface area contributed by atoms with Gasteiger partial charge in [0, 0.05) is 23.0 Å². The van der Waals surface area contributed by atoms with Crippen molar-refractivity contribution in [3.63, 3.8) is 0 Å². The molecule has 188 valence electrons. The van der Waals surface area contributed by atoms with Crippen LogP contribution in [0.5, 0.6) is 0 Å². The first-order valence-electron chi connectivity index (χ1n) is 11.5. The molecule has 9 heteroatoms. The standard InChI is InChI=1S/C26H33ClN4O3S/c1-8-30(35(33,34)25-18(3)13-17(2)14-19(25)4)16-24(32)28-23-15-22(26(5,6)7)29-31(23)21-11-9-20(27)10-12-21/h9-15H,8,16H2,1-7H3,(H,28,32). The van der Waals surface area contributed by atoms with E-state index >= 15 is 0 Å². The van der Waals surface area contributed by atoms with Crippen molar-refractivity contribution in [2.24, 2.45) is 0 Å². The Balaban J connectivity index is 1.92. The van der Waals surface area contributed by atoms with E-state index in [0.717, 1.165) is 16.9 Å². The maximum atomic E-state index is 13.5. The molecule has 0 saturated heterocycles. The molecule has 35 heavy (non-hydrogen) atoms. The molecule has 0 unspecified atom stereocenters. The smallest absolute Gasteiger partial charge is 0.244 e. The molecule has 0 saturated carbocycles. The number of likely N-dealkylation sites (N-methyl/N-ethyl adjacent to an activating group) is 1. The zero-order valence-electron chi connectivity index (χ0n) is 21.3. The minimum Gasteiger partial charge on any atom is -0.309 e. The van der Waals surface area contributed by atoms with Crippen LogP contribution in [0.3, 0.4) is 0 Å². The van der Waals surface area contributed by atoms with E-state index in [2.05, 4.69) is 10.4 Å². The third kappa shape index (κ3) is 5.94. The molecule has 0 atom stereocenters. The van der Waals surface area contributed by atoms with Crippen molar-refractivity contribution >= 4 is 33.3 Å². The van der Waals surface area contributed by atoms with Crippen molar-refractivity contribution in [1.82, 2.24) is 14.1 Å². The average Bonchev–Trinajstić information content (AvgIpc) is 3.15. The van der Waals surface area contributed by atoms with E-state index in [1.165, 1.54) is 4.31 Å². The van der Waals surface area contributed by atoms with Crippen LogP contribution in [0.4, 0.5) is 5.82 Å². The zero-order chi connectivity index (χ0) is 26.1. The summed E-state index contributed by atoms with van der Waals surface area (Å²) in [6.45, 7) is 13.1. The predicted octanol–water partition coefficient (Wildman–Crippen LogP) is 5.40. The van der Waals surface area contributed by atoms with Crippen molar-refractivity contribution in [2.45, 2.75) is 58.8 Å². The van der Waals surface area contributed by atoms with Gasteiger partial charge in [-0.2, -0.15) is 9.40 Å². The number of amides is 1. The lowest BCUT2D eigenvalue weighted by Crippen LogP contribution is -2.38. The topological polar surface area (TPSA) is 84.3 Å². The number of carbonyl (C=O) groups excluding carboxylic acids is 1. The number of anilines is 1. The molecule has 2 aromatic carbocycles. The van der Waals surface area contributed by atoms with Gasteiger partial charge in [-0.3, -0.25) is 4.79 Å².